The van der Waals surface area contributed by atoms with Gasteiger partial charge >= 0.3 is 4.87 Å². The Bertz CT molecular complexity index is 1480. The molecule has 4 heterocycles. The van der Waals surface area contributed by atoms with E-state index in [1.54, 1.807) is 29.2 Å². The van der Waals surface area contributed by atoms with E-state index >= 15 is 0 Å². The van der Waals surface area contributed by atoms with Gasteiger partial charge in [-0.25, -0.2) is 9.29 Å². The van der Waals surface area contributed by atoms with Crippen LogP contribution in [0.3, 0.4) is 0 Å². The number of carbonyl (C=O) groups is 3. The third kappa shape index (κ3) is 4.28. The number of benzene rings is 2. The summed E-state index contributed by atoms with van der Waals surface area (Å²) in [6, 6.07) is 12.3. The number of hydrogen-bond donors (Lipinski definition) is 0. The summed E-state index contributed by atoms with van der Waals surface area (Å²) in [6.45, 7) is 1.24. The van der Waals surface area contributed by atoms with Crippen LogP contribution >= 0.6 is 34.7 Å². The van der Waals surface area contributed by atoms with E-state index in [2.05, 4.69) is 0 Å². The lowest BCUT2D eigenvalue weighted by Crippen LogP contribution is -2.39. The van der Waals surface area contributed by atoms with Gasteiger partial charge in [-0.2, -0.15) is 0 Å². The van der Waals surface area contributed by atoms with Crippen molar-refractivity contribution >= 4 is 58.1 Å². The molecule has 196 valence electrons. The summed E-state index contributed by atoms with van der Waals surface area (Å²) < 4.78 is 15.0. The molecule has 3 atom stereocenters. The molecule has 3 amide bonds. The number of carbonyl (C=O) groups excluding carboxylic acids is 3. The molecule has 2 saturated heterocycles. The lowest BCUT2D eigenvalue weighted by molar-refractivity contribution is -0.133. The Morgan fingerprint density at radius 2 is 1.63 bits per heavy atom. The van der Waals surface area contributed by atoms with E-state index in [4.69, 9.17) is 11.6 Å². The third-order valence-corrected chi connectivity index (χ3v) is 10.2. The van der Waals surface area contributed by atoms with E-state index in [1.807, 2.05) is 0 Å². The molecule has 7 nitrogen and oxygen atoms in total. The van der Waals surface area contributed by atoms with E-state index in [-0.39, 0.29) is 17.3 Å². The minimum atomic E-state index is -0.800. The van der Waals surface area contributed by atoms with Crippen LogP contribution in [0.25, 0.3) is 0 Å². The number of thiazole rings is 1. The minimum absolute atomic E-state index is 0.105. The zero-order valence-electron chi connectivity index (χ0n) is 20.1. The monoisotopic (exact) mass is 571 g/mol. The molecular weight excluding hydrogens is 549 g/mol. The predicted molar refractivity (Wildman–Crippen MR) is 144 cm³/mol. The van der Waals surface area contributed by atoms with Gasteiger partial charge in [0.15, 0.2) is 0 Å². The summed E-state index contributed by atoms with van der Waals surface area (Å²) in [5, 5.41) is 0.273. The van der Waals surface area contributed by atoms with Crippen LogP contribution in [0.15, 0.2) is 58.4 Å². The summed E-state index contributed by atoms with van der Waals surface area (Å²) in [4.78, 5) is 57.1. The maximum Gasteiger partial charge on any atom is 0.308 e. The van der Waals surface area contributed by atoms with Crippen molar-refractivity contribution in [2.75, 3.05) is 18.0 Å². The van der Waals surface area contributed by atoms with Crippen LogP contribution in [0.5, 0.6) is 0 Å². The highest BCUT2D eigenvalue weighted by atomic mass is 35.5. The van der Waals surface area contributed by atoms with Gasteiger partial charge in [-0.15, -0.1) is 0 Å². The van der Waals surface area contributed by atoms with Gasteiger partial charge in [-0.1, -0.05) is 46.8 Å². The maximum atomic E-state index is 13.8. The normalized spacial score (nSPS) is 22.9. The van der Waals surface area contributed by atoms with Crippen molar-refractivity contribution in [1.82, 2.24) is 9.47 Å². The zero-order chi connectivity index (χ0) is 26.6. The van der Waals surface area contributed by atoms with Crippen molar-refractivity contribution in [3.8, 4) is 0 Å². The smallest absolute Gasteiger partial charge is 0.308 e. The Kier molecular flexibility index (Phi) is 6.65. The van der Waals surface area contributed by atoms with Crippen molar-refractivity contribution in [3.63, 3.8) is 0 Å². The van der Waals surface area contributed by atoms with Crippen molar-refractivity contribution in [3.05, 3.63) is 79.5 Å². The van der Waals surface area contributed by atoms with Crippen LogP contribution in [0.4, 0.5) is 10.1 Å². The topological polar surface area (TPSA) is 79.7 Å². The summed E-state index contributed by atoms with van der Waals surface area (Å²) in [5.41, 5.74) is 1.05. The fourth-order valence-corrected chi connectivity index (χ4v) is 8.41. The lowest BCUT2D eigenvalue weighted by atomic mass is 9.83. The van der Waals surface area contributed by atoms with E-state index in [0.717, 1.165) is 41.1 Å². The molecule has 0 spiro atoms. The molecule has 3 aromatic rings. The number of halogens is 2. The van der Waals surface area contributed by atoms with Crippen LogP contribution in [0.1, 0.15) is 35.6 Å². The Labute approximate surface area is 231 Å². The maximum absolute atomic E-state index is 13.8. The van der Waals surface area contributed by atoms with Crippen LogP contribution in [0.2, 0.25) is 5.02 Å². The van der Waals surface area contributed by atoms with Gasteiger partial charge < -0.3 is 4.90 Å². The van der Waals surface area contributed by atoms with Gasteiger partial charge in [-0.05, 0) is 61.2 Å². The molecule has 3 aliphatic rings. The van der Waals surface area contributed by atoms with Gasteiger partial charge in [0.25, 0.3) is 0 Å². The summed E-state index contributed by atoms with van der Waals surface area (Å²) in [6.07, 6.45) is 2.96. The second kappa shape index (κ2) is 9.98. The number of rotatable bonds is 4. The second-order valence-corrected chi connectivity index (χ2v) is 12.2. The summed E-state index contributed by atoms with van der Waals surface area (Å²) in [7, 11) is 0. The molecule has 6 rings (SSSR count). The molecule has 2 fully saturated rings. The number of fused-ring (bicyclic) bond motifs is 2. The van der Waals surface area contributed by atoms with E-state index in [0.29, 0.717) is 33.7 Å². The number of anilines is 1. The molecular formula is C27H23ClFN3O4S2. The Hall–Kier alpha value is -2.95. The molecule has 38 heavy (non-hydrogen) atoms. The van der Waals surface area contributed by atoms with Gasteiger partial charge in [0.2, 0.25) is 17.7 Å². The molecule has 2 aromatic carbocycles. The molecule has 0 saturated carbocycles. The average molecular weight is 572 g/mol. The van der Waals surface area contributed by atoms with Crippen molar-refractivity contribution in [1.29, 1.82) is 0 Å². The number of amides is 3. The summed E-state index contributed by atoms with van der Waals surface area (Å²) in [5.74, 6) is -2.76. The number of thioether (sulfide) groups is 1. The first-order valence-corrected chi connectivity index (χ1v) is 14.5. The predicted octanol–water partition coefficient (Wildman–Crippen LogP) is 4.51. The van der Waals surface area contributed by atoms with Crippen LogP contribution < -0.4 is 9.77 Å². The molecule has 0 bridgehead atoms. The second-order valence-electron chi connectivity index (χ2n) is 9.65. The molecule has 0 aliphatic carbocycles. The van der Waals surface area contributed by atoms with E-state index in [9.17, 15) is 23.6 Å². The molecule has 11 heteroatoms. The Balaban J connectivity index is 1.43. The summed E-state index contributed by atoms with van der Waals surface area (Å²) >= 11 is 8.32. The number of nitrogens with zero attached hydrogens (tertiary/aromatic N) is 3. The van der Waals surface area contributed by atoms with Crippen LogP contribution in [-0.4, -0.2) is 45.5 Å². The van der Waals surface area contributed by atoms with Gasteiger partial charge in [-0.3, -0.25) is 23.7 Å². The van der Waals surface area contributed by atoms with Crippen molar-refractivity contribution in [2.45, 2.75) is 42.0 Å². The fourth-order valence-electron chi connectivity index (χ4n) is 5.51. The van der Waals surface area contributed by atoms with Crippen LogP contribution in [0, 0.1) is 11.7 Å². The lowest BCUT2D eigenvalue weighted by Gasteiger charge is -2.31. The highest BCUT2D eigenvalue weighted by Gasteiger charge is 2.56. The molecule has 3 unspecified atom stereocenters. The fraction of sp³-hybridized carbons (Fsp3) is 0.333. The Morgan fingerprint density at radius 3 is 2.32 bits per heavy atom. The SMILES string of the molecule is O=C(Cn1c2c(sc1=O)C(c1ccc(Cl)cc1)C1C(=O)N(c3ccc(F)cc3)C(=O)C1S2)N1CCCCC1. The number of hydrogen-bond acceptors (Lipinski definition) is 6. The van der Waals surface area contributed by atoms with E-state index < -0.39 is 34.7 Å². The Morgan fingerprint density at radius 1 is 0.947 bits per heavy atom. The molecule has 3 aliphatic heterocycles. The molecule has 0 N–H and O–H groups in total. The first-order valence-electron chi connectivity index (χ1n) is 12.4. The minimum Gasteiger partial charge on any atom is -0.341 e. The number of piperidine rings is 1. The highest BCUT2D eigenvalue weighted by molar-refractivity contribution is 8.00. The van der Waals surface area contributed by atoms with Crippen molar-refractivity contribution < 1.29 is 18.8 Å². The number of aromatic nitrogens is 1. The molecule has 1 aromatic heterocycles. The largest absolute Gasteiger partial charge is 0.341 e. The number of imide groups is 1. The molecule has 0 radical (unpaired) electrons. The van der Waals surface area contributed by atoms with Gasteiger partial charge in [0.05, 0.1) is 16.6 Å². The van der Waals surface area contributed by atoms with E-state index in [1.165, 1.54) is 40.6 Å². The van der Waals surface area contributed by atoms with Gasteiger partial charge in [0, 0.05) is 28.9 Å². The van der Waals surface area contributed by atoms with Gasteiger partial charge in [0.1, 0.15) is 17.6 Å². The first-order chi connectivity index (χ1) is 18.3. The van der Waals surface area contributed by atoms with Crippen molar-refractivity contribution in [2.24, 2.45) is 5.92 Å². The average Bonchev–Trinajstić information content (AvgIpc) is 3.36. The zero-order valence-corrected chi connectivity index (χ0v) is 22.5. The first kappa shape index (κ1) is 25.3. The number of likely N-dealkylation sites (tertiary alicyclic amines) is 1. The third-order valence-electron chi connectivity index (χ3n) is 7.37. The highest BCUT2D eigenvalue weighted by Crippen LogP contribution is 2.54. The standard InChI is InChI=1S/C27H23ClFN3O4S2/c28-16-6-4-15(5-7-16)20-21-22(25(35)32(24(21)34)18-10-8-17(29)9-11-18)37-26-23(20)38-27(36)31(26)14-19(33)30-12-2-1-3-13-30/h4-11,20-22H,1-3,12-14H2. The van der Waals surface area contributed by atoms with Crippen LogP contribution in [-0.2, 0) is 20.9 Å². The quantitative estimate of drug-likeness (QED) is 0.431.